The average molecular weight is 438 g/mol. The summed E-state index contributed by atoms with van der Waals surface area (Å²) in [4.78, 5) is 24.0. The van der Waals surface area contributed by atoms with Gasteiger partial charge in [0.2, 0.25) is 0 Å². The standard InChI is InChI=1S/C23H27N5O2S/c1-16-13-17(9-10-19(16)30-2)22-25-21(15-31-22)27-23(29)26-20-8-6-7-18(24-20)14-28-11-4-3-5-12-28/h6-10,13,15H,3-5,11-12,14H2,1-2H3,(H2,24,26,27,29). The number of aryl methyl sites for hydroxylation is 1. The molecule has 2 N–H and O–H groups in total. The summed E-state index contributed by atoms with van der Waals surface area (Å²) >= 11 is 1.48. The van der Waals surface area contributed by atoms with Gasteiger partial charge in [-0.15, -0.1) is 11.3 Å². The van der Waals surface area contributed by atoms with E-state index in [1.165, 1.54) is 30.6 Å². The zero-order chi connectivity index (χ0) is 21.6. The Kier molecular flexibility index (Phi) is 6.79. The van der Waals surface area contributed by atoms with E-state index in [1.807, 2.05) is 42.6 Å². The molecule has 1 aliphatic heterocycles. The molecule has 3 aromatic rings. The summed E-state index contributed by atoms with van der Waals surface area (Å²) in [5.74, 6) is 1.89. The highest BCUT2D eigenvalue weighted by molar-refractivity contribution is 7.13. The number of methoxy groups -OCH3 is 1. The second-order valence-electron chi connectivity index (χ2n) is 7.65. The third-order valence-corrected chi connectivity index (χ3v) is 6.16. The molecule has 4 rings (SSSR count). The number of hydrogen-bond donors (Lipinski definition) is 2. The quantitative estimate of drug-likeness (QED) is 0.557. The number of rotatable bonds is 6. The second-order valence-corrected chi connectivity index (χ2v) is 8.51. The number of aromatic nitrogens is 2. The molecule has 0 unspecified atom stereocenters. The van der Waals surface area contributed by atoms with Gasteiger partial charge in [-0.1, -0.05) is 12.5 Å². The zero-order valence-corrected chi connectivity index (χ0v) is 18.7. The van der Waals surface area contributed by atoms with Crippen molar-refractivity contribution in [1.82, 2.24) is 14.9 Å². The fourth-order valence-electron chi connectivity index (χ4n) is 3.72. The van der Waals surface area contributed by atoms with Crippen LogP contribution < -0.4 is 15.4 Å². The molecule has 2 amide bonds. The maximum absolute atomic E-state index is 12.4. The molecule has 2 aromatic heterocycles. The minimum Gasteiger partial charge on any atom is -0.496 e. The molecule has 1 fully saturated rings. The van der Waals surface area contributed by atoms with Gasteiger partial charge < -0.3 is 4.74 Å². The van der Waals surface area contributed by atoms with Crippen molar-refractivity contribution in [2.24, 2.45) is 0 Å². The Hall–Kier alpha value is -2.97. The van der Waals surface area contributed by atoms with E-state index in [0.29, 0.717) is 11.6 Å². The molecule has 0 spiro atoms. The second kappa shape index (κ2) is 9.89. The van der Waals surface area contributed by atoms with Crippen molar-refractivity contribution in [1.29, 1.82) is 0 Å². The number of amides is 2. The molecular formula is C23H27N5O2S. The molecule has 3 heterocycles. The zero-order valence-electron chi connectivity index (χ0n) is 17.9. The van der Waals surface area contributed by atoms with Crippen molar-refractivity contribution in [3.63, 3.8) is 0 Å². The lowest BCUT2D eigenvalue weighted by atomic mass is 10.1. The summed E-state index contributed by atoms with van der Waals surface area (Å²) < 4.78 is 5.31. The molecule has 0 bridgehead atoms. The van der Waals surface area contributed by atoms with Crippen molar-refractivity contribution >= 4 is 29.0 Å². The number of thiazole rings is 1. The van der Waals surface area contributed by atoms with Crippen molar-refractivity contribution in [2.45, 2.75) is 32.7 Å². The number of urea groups is 1. The molecule has 162 valence electrons. The number of nitrogens with one attached hydrogen (secondary N) is 2. The molecule has 0 atom stereocenters. The topological polar surface area (TPSA) is 79.4 Å². The first-order valence-corrected chi connectivity index (χ1v) is 11.4. The van der Waals surface area contributed by atoms with E-state index in [2.05, 4.69) is 25.5 Å². The van der Waals surface area contributed by atoms with Gasteiger partial charge in [0.1, 0.15) is 22.4 Å². The number of ether oxygens (including phenoxy) is 1. The van der Waals surface area contributed by atoms with Crippen LogP contribution in [0.15, 0.2) is 41.8 Å². The minimum absolute atomic E-state index is 0.356. The van der Waals surface area contributed by atoms with Gasteiger partial charge in [-0.25, -0.2) is 14.8 Å². The Morgan fingerprint density at radius 3 is 2.68 bits per heavy atom. The van der Waals surface area contributed by atoms with Crippen molar-refractivity contribution < 1.29 is 9.53 Å². The van der Waals surface area contributed by atoms with Crippen LogP contribution in [0, 0.1) is 6.92 Å². The Labute approximate surface area is 186 Å². The highest BCUT2D eigenvalue weighted by atomic mass is 32.1. The fourth-order valence-corrected chi connectivity index (χ4v) is 4.47. The van der Waals surface area contributed by atoms with Crippen LogP contribution in [0.25, 0.3) is 10.6 Å². The maximum atomic E-state index is 12.4. The van der Waals surface area contributed by atoms with Gasteiger partial charge >= 0.3 is 6.03 Å². The van der Waals surface area contributed by atoms with Gasteiger partial charge in [0, 0.05) is 17.5 Å². The van der Waals surface area contributed by atoms with Gasteiger partial charge in [-0.2, -0.15) is 0 Å². The molecule has 1 aliphatic rings. The Bertz CT molecular complexity index is 1050. The van der Waals surface area contributed by atoms with Gasteiger partial charge in [0.05, 0.1) is 12.8 Å². The Morgan fingerprint density at radius 2 is 1.90 bits per heavy atom. The molecule has 0 saturated carbocycles. The SMILES string of the molecule is COc1ccc(-c2nc(NC(=O)Nc3cccc(CN4CCCCC4)n3)cs2)cc1C. The number of carbonyl (C=O) groups is 1. The number of carbonyl (C=O) groups excluding carboxylic acids is 1. The number of piperidine rings is 1. The summed E-state index contributed by atoms with van der Waals surface area (Å²) in [6.45, 7) is 5.03. The predicted molar refractivity (Wildman–Crippen MR) is 125 cm³/mol. The van der Waals surface area contributed by atoms with Crippen LogP contribution in [-0.4, -0.2) is 41.1 Å². The summed E-state index contributed by atoms with van der Waals surface area (Å²) in [6.07, 6.45) is 3.79. The third-order valence-electron chi connectivity index (χ3n) is 5.27. The Morgan fingerprint density at radius 1 is 1.10 bits per heavy atom. The molecular weight excluding hydrogens is 410 g/mol. The smallest absolute Gasteiger partial charge is 0.326 e. The van der Waals surface area contributed by atoms with Gasteiger partial charge in [0.25, 0.3) is 0 Å². The first-order chi connectivity index (χ1) is 15.1. The van der Waals surface area contributed by atoms with Crippen LogP contribution in [0.4, 0.5) is 16.4 Å². The molecule has 8 heteroatoms. The van der Waals surface area contributed by atoms with Gasteiger partial charge in [0.15, 0.2) is 0 Å². The highest BCUT2D eigenvalue weighted by Gasteiger charge is 2.13. The molecule has 1 aromatic carbocycles. The number of benzene rings is 1. The number of hydrogen-bond acceptors (Lipinski definition) is 6. The molecule has 31 heavy (non-hydrogen) atoms. The molecule has 1 saturated heterocycles. The Balaban J connectivity index is 1.36. The number of likely N-dealkylation sites (tertiary alicyclic amines) is 1. The van der Waals surface area contributed by atoms with Gasteiger partial charge in [-0.05, 0) is 68.8 Å². The lowest BCUT2D eigenvalue weighted by molar-refractivity contribution is 0.218. The molecule has 0 radical (unpaired) electrons. The fraction of sp³-hybridized carbons (Fsp3) is 0.348. The monoisotopic (exact) mass is 437 g/mol. The summed E-state index contributed by atoms with van der Waals surface area (Å²) in [5, 5.41) is 8.27. The van der Waals surface area contributed by atoms with E-state index in [0.717, 1.165) is 47.2 Å². The van der Waals surface area contributed by atoms with Crippen LogP contribution >= 0.6 is 11.3 Å². The molecule has 7 nitrogen and oxygen atoms in total. The lowest BCUT2D eigenvalue weighted by Crippen LogP contribution is -2.29. The summed E-state index contributed by atoms with van der Waals surface area (Å²) in [6, 6.07) is 11.3. The van der Waals surface area contributed by atoms with Crippen molar-refractivity contribution in [3.05, 3.63) is 53.0 Å². The van der Waals surface area contributed by atoms with Gasteiger partial charge in [-0.3, -0.25) is 15.5 Å². The van der Waals surface area contributed by atoms with E-state index in [-0.39, 0.29) is 6.03 Å². The largest absolute Gasteiger partial charge is 0.496 e. The number of anilines is 2. The minimum atomic E-state index is -0.356. The normalized spacial score (nSPS) is 14.3. The lowest BCUT2D eigenvalue weighted by Gasteiger charge is -2.26. The highest BCUT2D eigenvalue weighted by Crippen LogP contribution is 2.29. The first kappa shape index (κ1) is 21.3. The number of nitrogens with zero attached hydrogens (tertiary/aromatic N) is 3. The summed E-state index contributed by atoms with van der Waals surface area (Å²) in [5.41, 5.74) is 2.99. The number of pyridine rings is 1. The van der Waals surface area contributed by atoms with Crippen LogP contribution in [0.5, 0.6) is 5.75 Å². The van der Waals surface area contributed by atoms with E-state index >= 15 is 0 Å². The first-order valence-electron chi connectivity index (χ1n) is 10.5. The average Bonchev–Trinajstić information content (AvgIpc) is 3.23. The molecule has 0 aliphatic carbocycles. The predicted octanol–water partition coefficient (Wildman–Crippen LogP) is 5.15. The van der Waals surface area contributed by atoms with E-state index < -0.39 is 0 Å². The van der Waals surface area contributed by atoms with Crippen LogP contribution in [-0.2, 0) is 6.54 Å². The summed E-state index contributed by atoms with van der Waals surface area (Å²) in [7, 11) is 1.66. The van der Waals surface area contributed by atoms with E-state index in [1.54, 1.807) is 13.2 Å². The van der Waals surface area contributed by atoms with E-state index in [4.69, 9.17) is 4.74 Å². The van der Waals surface area contributed by atoms with Crippen LogP contribution in [0.2, 0.25) is 0 Å². The van der Waals surface area contributed by atoms with Crippen LogP contribution in [0.1, 0.15) is 30.5 Å². The van der Waals surface area contributed by atoms with Crippen LogP contribution in [0.3, 0.4) is 0 Å². The third kappa shape index (κ3) is 5.59. The maximum Gasteiger partial charge on any atom is 0.326 e. The van der Waals surface area contributed by atoms with Crippen molar-refractivity contribution in [2.75, 3.05) is 30.8 Å². The van der Waals surface area contributed by atoms with E-state index in [9.17, 15) is 4.79 Å². The van der Waals surface area contributed by atoms with Crippen molar-refractivity contribution in [3.8, 4) is 16.3 Å².